The summed E-state index contributed by atoms with van der Waals surface area (Å²) in [5.41, 5.74) is 7.39. The number of rotatable bonds is 4. The van der Waals surface area contributed by atoms with Gasteiger partial charge in [-0.1, -0.05) is 24.3 Å². The summed E-state index contributed by atoms with van der Waals surface area (Å²) >= 11 is 0. The summed E-state index contributed by atoms with van der Waals surface area (Å²) in [6, 6.07) is 13.4. The quantitative estimate of drug-likeness (QED) is 0.875. The maximum atomic E-state index is 13.8. The molecule has 1 amide bonds. The van der Waals surface area contributed by atoms with Gasteiger partial charge in [0, 0.05) is 18.3 Å². The van der Waals surface area contributed by atoms with E-state index < -0.39 is 5.82 Å². The molecule has 0 spiro atoms. The fourth-order valence-corrected chi connectivity index (χ4v) is 2.10. The van der Waals surface area contributed by atoms with E-state index in [1.165, 1.54) is 12.1 Å². The second-order valence-electron chi connectivity index (χ2n) is 5.25. The normalized spacial score (nSPS) is 10.7. The molecule has 2 aromatic rings. The van der Waals surface area contributed by atoms with E-state index in [1.54, 1.807) is 29.2 Å². The van der Waals surface area contributed by atoms with Gasteiger partial charge in [0.15, 0.2) is 0 Å². The Labute approximate surface area is 124 Å². The lowest BCUT2D eigenvalue weighted by Crippen LogP contribution is -2.36. The smallest absolute Gasteiger partial charge is 0.257 e. The highest BCUT2D eigenvalue weighted by Gasteiger charge is 2.21. The highest BCUT2D eigenvalue weighted by molar-refractivity contribution is 5.94. The Kier molecular flexibility index (Phi) is 4.58. The number of carbonyl (C=O) groups excluding carboxylic acids is 1. The molecule has 0 saturated heterocycles. The van der Waals surface area contributed by atoms with Crippen LogP contribution >= 0.6 is 0 Å². The number of benzene rings is 2. The van der Waals surface area contributed by atoms with Gasteiger partial charge in [0.2, 0.25) is 0 Å². The van der Waals surface area contributed by atoms with E-state index in [0.29, 0.717) is 12.2 Å². The monoisotopic (exact) mass is 286 g/mol. The number of hydrogen-bond acceptors (Lipinski definition) is 2. The first-order valence-electron chi connectivity index (χ1n) is 6.89. The molecule has 0 aliphatic carbocycles. The molecule has 3 nitrogen and oxygen atoms in total. The molecular formula is C17H19FN2O. The molecule has 21 heavy (non-hydrogen) atoms. The van der Waals surface area contributed by atoms with Crippen LogP contribution in [-0.4, -0.2) is 16.8 Å². The van der Waals surface area contributed by atoms with Gasteiger partial charge in [-0.15, -0.1) is 0 Å². The molecule has 0 aromatic heterocycles. The van der Waals surface area contributed by atoms with Crippen LogP contribution < -0.4 is 5.73 Å². The minimum Gasteiger partial charge on any atom is -0.399 e. The SMILES string of the molecule is CC(C)N(Cc1ccc(N)cc1)C(=O)c1ccccc1F. The van der Waals surface area contributed by atoms with Crippen LogP contribution in [0.1, 0.15) is 29.8 Å². The fourth-order valence-electron chi connectivity index (χ4n) is 2.10. The predicted octanol–water partition coefficient (Wildman–Crippen LogP) is 3.46. The Morgan fingerprint density at radius 2 is 1.76 bits per heavy atom. The number of nitrogens with zero attached hydrogens (tertiary/aromatic N) is 1. The minimum atomic E-state index is -0.495. The van der Waals surface area contributed by atoms with E-state index in [1.807, 2.05) is 26.0 Å². The van der Waals surface area contributed by atoms with Gasteiger partial charge in [-0.3, -0.25) is 4.79 Å². The van der Waals surface area contributed by atoms with Crippen LogP contribution in [0, 0.1) is 5.82 Å². The van der Waals surface area contributed by atoms with Gasteiger partial charge in [0.05, 0.1) is 5.56 Å². The van der Waals surface area contributed by atoms with Gasteiger partial charge in [-0.25, -0.2) is 4.39 Å². The molecule has 0 bridgehead atoms. The van der Waals surface area contributed by atoms with Gasteiger partial charge in [0.25, 0.3) is 5.91 Å². The van der Waals surface area contributed by atoms with Crippen LogP contribution in [0.5, 0.6) is 0 Å². The third-order valence-corrected chi connectivity index (χ3v) is 3.32. The average Bonchev–Trinajstić information content (AvgIpc) is 2.46. The van der Waals surface area contributed by atoms with Crippen molar-refractivity contribution in [1.29, 1.82) is 0 Å². The zero-order valence-electron chi connectivity index (χ0n) is 12.2. The van der Waals surface area contributed by atoms with Crippen molar-refractivity contribution >= 4 is 11.6 Å². The number of hydrogen-bond donors (Lipinski definition) is 1. The number of carbonyl (C=O) groups is 1. The summed E-state index contributed by atoms with van der Waals surface area (Å²) in [6.45, 7) is 4.25. The molecule has 0 saturated carbocycles. The van der Waals surface area contributed by atoms with Crippen molar-refractivity contribution in [3.05, 3.63) is 65.5 Å². The topological polar surface area (TPSA) is 46.3 Å². The van der Waals surface area contributed by atoms with Gasteiger partial charge >= 0.3 is 0 Å². The van der Waals surface area contributed by atoms with Gasteiger partial charge in [-0.2, -0.15) is 0 Å². The summed E-state index contributed by atoms with van der Waals surface area (Å²) in [6.07, 6.45) is 0. The Hall–Kier alpha value is -2.36. The van der Waals surface area contributed by atoms with Crippen molar-refractivity contribution < 1.29 is 9.18 Å². The standard InChI is InChI=1S/C17H19FN2O/c1-12(2)20(11-13-7-9-14(19)10-8-13)17(21)15-5-3-4-6-16(15)18/h3-10,12H,11,19H2,1-2H3. The van der Waals surface area contributed by atoms with Crippen LogP contribution in [0.25, 0.3) is 0 Å². The van der Waals surface area contributed by atoms with Crippen molar-refractivity contribution in [2.45, 2.75) is 26.4 Å². The molecule has 0 radical (unpaired) electrons. The van der Waals surface area contributed by atoms with E-state index >= 15 is 0 Å². The molecule has 0 heterocycles. The van der Waals surface area contributed by atoms with Crippen LogP contribution in [0.15, 0.2) is 48.5 Å². The minimum absolute atomic E-state index is 0.0327. The van der Waals surface area contributed by atoms with Crippen molar-refractivity contribution in [2.24, 2.45) is 0 Å². The van der Waals surface area contributed by atoms with E-state index in [4.69, 9.17) is 5.73 Å². The number of nitrogen functional groups attached to an aromatic ring is 1. The molecular weight excluding hydrogens is 267 g/mol. The lowest BCUT2D eigenvalue weighted by molar-refractivity contribution is 0.0685. The third-order valence-electron chi connectivity index (χ3n) is 3.32. The van der Waals surface area contributed by atoms with Crippen molar-refractivity contribution in [2.75, 3.05) is 5.73 Å². The summed E-state index contributed by atoms with van der Waals surface area (Å²) in [5.74, 6) is -0.801. The van der Waals surface area contributed by atoms with Gasteiger partial charge in [-0.05, 0) is 43.7 Å². The first-order chi connectivity index (χ1) is 9.99. The Balaban J connectivity index is 2.25. The molecule has 2 aromatic carbocycles. The highest BCUT2D eigenvalue weighted by Crippen LogP contribution is 2.16. The van der Waals surface area contributed by atoms with Crippen molar-refractivity contribution in [1.82, 2.24) is 4.90 Å². The highest BCUT2D eigenvalue weighted by atomic mass is 19.1. The molecule has 0 aliphatic rings. The van der Waals surface area contributed by atoms with E-state index in [9.17, 15) is 9.18 Å². The fraction of sp³-hybridized carbons (Fsp3) is 0.235. The molecule has 0 aliphatic heterocycles. The van der Waals surface area contributed by atoms with Crippen LogP contribution in [-0.2, 0) is 6.54 Å². The largest absolute Gasteiger partial charge is 0.399 e. The number of nitrogens with two attached hydrogens (primary N) is 1. The van der Waals surface area contributed by atoms with Gasteiger partial charge < -0.3 is 10.6 Å². The maximum Gasteiger partial charge on any atom is 0.257 e. The van der Waals surface area contributed by atoms with Crippen molar-refractivity contribution in [3.8, 4) is 0 Å². The second kappa shape index (κ2) is 6.39. The zero-order chi connectivity index (χ0) is 15.4. The molecule has 0 fully saturated rings. The summed E-state index contributed by atoms with van der Waals surface area (Å²) in [5, 5.41) is 0. The van der Waals surface area contributed by atoms with Crippen LogP contribution in [0.2, 0.25) is 0 Å². The first kappa shape index (κ1) is 15.0. The van der Waals surface area contributed by atoms with Crippen molar-refractivity contribution in [3.63, 3.8) is 0 Å². The Morgan fingerprint density at radius 3 is 2.33 bits per heavy atom. The predicted molar refractivity (Wildman–Crippen MR) is 82.3 cm³/mol. The molecule has 0 unspecified atom stereocenters. The lowest BCUT2D eigenvalue weighted by Gasteiger charge is -2.27. The number of amides is 1. The number of anilines is 1. The number of halogens is 1. The van der Waals surface area contributed by atoms with E-state index in [0.717, 1.165) is 5.56 Å². The van der Waals surface area contributed by atoms with Gasteiger partial charge in [0.1, 0.15) is 5.82 Å². The third kappa shape index (κ3) is 3.60. The van der Waals surface area contributed by atoms with E-state index in [-0.39, 0.29) is 17.5 Å². The summed E-state index contributed by atoms with van der Waals surface area (Å²) < 4.78 is 13.8. The Bertz CT molecular complexity index is 623. The van der Waals surface area contributed by atoms with Crippen LogP contribution in [0.3, 0.4) is 0 Å². The molecule has 2 rings (SSSR count). The van der Waals surface area contributed by atoms with E-state index in [2.05, 4.69) is 0 Å². The van der Waals surface area contributed by atoms with Crippen LogP contribution in [0.4, 0.5) is 10.1 Å². The summed E-state index contributed by atoms with van der Waals surface area (Å²) in [4.78, 5) is 14.2. The second-order valence-corrected chi connectivity index (χ2v) is 5.25. The molecule has 110 valence electrons. The average molecular weight is 286 g/mol. The summed E-state index contributed by atoms with van der Waals surface area (Å²) in [7, 11) is 0. The lowest BCUT2D eigenvalue weighted by atomic mass is 10.1. The zero-order valence-corrected chi connectivity index (χ0v) is 12.2. The molecule has 0 atom stereocenters. The molecule has 2 N–H and O–H groups in total. The Morgan fingerprint density at radius 1 is 1.14 bits per heavy atom. The first-order valence-corrected chi connectivity index (χ1v) is 6.89. The molecule has 4 heteroatoms. The maximum absolute atomic E-state index is 13.8.